The minimum Gasteiger partial charge on any atom is -0.497 e. The lowest BCUT2D eigenvalue weighted by Gasteiger charge is -2.09. The largest absolute Gasteiger partial charge is 0.497 e. The molecule has 35 heavy (non-hydrogen) atoms. The summed E-state index contributed by atoms with van der Waals surface area (Å²) in [5, 5.41) is 4.82. The molecule has 6 rings (SSSR count). The molecule has 1 aromatic heterocycles. The molecule has 0 amide bonds. The Kier molecular flexibility index (Phi) is 5.19. The highest BCUT2D eigenvalue weighted by Gasteiger charge is 2.18. The van der Waals surface area contributed by atoms with Crippen LogP contribution in [-0.4, -0.2) is 24.2 Å². The molecular formula is C31H24N2O2. The van der Waals surface area contributed by atoms with Crippen molar-refractivity contribution in [3.8, 4) is 45.4 Å². The summed E-state index contributed by atoms with van der Waals surface area (Å²) in [6, 6.07) is 35.3. The molecule has 170 valence electrons. The van der Waals surface area contributed by atoms with Crippen LogP contribution in [0.4, 0.5) is 0 Å². The van der Waals surface area contributed by atoms with Crippen molar-refractivity contribution in [1.82, 2.24) is 9.97 Å². The van der Waals surface area contributed by atoms with Crippen molar-refractivity contribution in [3.63, 3.8) is 0 Å². The fourth-order valence-electron chi connectivity index (χ4n) is 4.68. The number of nitrogens with zero attached hydrogens (tertiary/aromatic N) is 1. The third-order valence-electron chi connectivity index (χ3n) is 6.47. The molecule has 1 N–H and O–H groups in total. The number of hydrogen-bond donors (Lipinski definition) is 1. The van der Waals surface area contributed by atoms with E-state index >= 15 is 0 Å². The van der Waals surface area contributed by atoms with Gasteiger partial charge in [0.25, 0.3) is 0 Å². The van der Waals surface area contributed by atoms with Gasteiger partial charge in [-0.25, -0.2) is 4.98 Å². The Bertz CT molecular complexity index is 1580. The average molecular weight is 457 g/mol. The quantitative estimate of drug-likeness (QED) is 0.270. The van der Waals surface area contributed by atoms with Crippen molar-refractivity contribution in [3.05, 3.63) is 103 Å². The van der Waals surface area contributed by atoms with E-state index in [0.717, 1.165) is 45.4 Å². The first-order valence-corrected chi connectivity index (χ1v) is 11.5. The van der Waals surface area contributed by atoms with E-state index in [0.29, 0.717) is 0 Å². The number of methoxy groups -OCH3 is 2. The number of imidazole rings is 1. The number of aromatic amines is 1. The summed E-state index contributed by atoms with van der Waals surface area (Å²) in [5.41, 5.74) is 4.99. The molecule has 1 heterocycles. The van der Waals surface area contributed by atoms with Gasteiger partial charge in [-0.1, -0.05) is 48.5 Å². The summed E-state index contributed by atoms with van der Waals surface area (Å²) in [4.78, 5) is 8.81. The zero-order chi connectivity index (χ0) is 23.8. The van der Waals surface area contributed by atoms with Crippen LogP contribution in [0.1, 0.15) is 0 Å². The van der Waals surface area contributed by atoms with Crippen molar-refractivity contribution in [2.24, 2.45) is 0 Å². The third-order valence-corrected chi connectivity index (χ3v) is 6.47. The molecule has 0 bridgehead atoms. The second kappa shape index (κ2) is 8.65. The van der Waals surface area contributed by atoms with Crippen molar-refractivity contribution in [2.45, 2.75) is 0 Å². The molecule has 0 unspecified atom stereocenters. The molecule has 0 aliphatic carbocycles. The molecule has 0 aliphatic rings. The van der Waals surface area contributed by atoms with Crippen LogP contribution in [-0.2, 0) is 0 Å². The number of fused-ring (bicyclic) bond motifs is 3. The topological polar surface area (TPSA) is 47.1 Å². The number of nitrogens with one attached hydrogen (secondary N) is 1. The lowest BCUT2D eigenvalue weighted by atomic mass is 9.97. The van der Waals surface area contributed by atoms with Crippen molar-refractivity contribution in [2.75, 3.05) is 14.2 Å². The minimum atomic E-state index is 0.816. The van der Waals surface area contributed by atoms with Crippen LogP contribution in [0.2, 0.25) is 0 Å². The van der Waals surface area contributed by atoms with Crippen LogP contribution >= 0.6 is 0 Å². The highest BCUT2D eigenvalue weighted by Crippen LogP contribution is 2.38. The summed E-state index contributed by atoms with van der Waals surface area (Å²) in [5.74, 6) is 2.47. The summed E-state index contributed by atoms with van der Waals surface area (Å²) in [7, 11) is 3.35. The molecule has 5 aromatic carbocycles. The van der Waals surface area contributed by atoms with Crippen molar-refractivity contribution in [1.29, 1.82) is 0 Å². The van der Waals surface area contributed by atoms with Crippen molar-refractivity contribution >= 4 is 21.5 Å². The van der Waals surface area contributed by atoms with Gasteiger partial charge in [0, 0.05) is 16.7 Å². The standard InChI is InChI=1S/C31H24N2O2/c1-34-23-15-11-20(12-16-23)29-30(21-13-17-24(35-2)18-14-21)33-31(32-29)28-19-22-7-3-4-8-25(22)26-9-5-6-10-27(26)28/h3-19H,1-2H3,(H,32,33). The lowest BCUT2D eigenvalue weighted by Crippen LogP contribution is -1.87. The zero-order valence-corrected chi connectivity index (χ0v) is 19.6. The Hall–Kier alpha value is -4.57. The Morgan fingerprint density at radius 3 is 1.83 bits per heavy atom. The van der Waals surface area contributed by atoms with Crippen LogP contribution in [0.3, 0.4) is 0 Å². The molecule has 0 atom stereocenters. The van der Waals surface area contributed by atoms with E-state index in [9.17, 15) is 0 Å². The third kappa shape index (κ3) is 3.69. The number of benzene rings is 5. The van der Waals surface area contributed by atoms with Crippen LogP contribution in [0.5, 0.6) is 11.5 Å². The molecule has 0 saturated carbocycles. The van der Waals surface area contributed by atoms with Gasteiger partial charge in [-0.3, -0.25) is 0 Å². The first-order valence-electron chi connectivity index (χ1n) is 11.5. The molecular weight excluding hydrogens is 432 g/mol. The Labute approximate surface area is 203 Å². The Morgan fingerprint density at radius 2 is 1.17 bits per heavy atom. The van der Waals surface area contributed by atoms with E-state index in [4.69, 9.17) is 14.5 Å². The normalized spacial score (nSPS) is 11.1. The molecule has 0 aliphatic heterocycles. The first kappa shape index (κ1) is 21.0. The average Bonchev–Trinajstić information content (AvgIpc) is 3.38. The number of aromatic nitrogens is 2. The summed E-state index contributed by atoms with van der Waals surface area (Å²) in [6.07, 6.45) is 0. The van der Waals surface area contributed by atoms with E-state index in [-0.39, 0.29) is 0 Å². The second-order valence-electron chi connectivity index (χ2n) is 8.46. The Balaban J connectivity index is 1.60. The highest BCUT2D eigenvalue weighted by molar-refractivity contribution is 6.13. The smallest absolute Gasteiger partial charge is 0.139 e. The van der Waals surface area contributed by atoms with Gasteiger partial charge in [0.05, 0.1) is 25.6 Å². The number of ether oxygens (including phenoxy) is 2. The van der Waals surface area contributed by atoms with Gasteiger partial charge in [-0.2, -0.15) is 0 Å². The van der Waals surface area contributed by atoms with Gasteiger partial charge in [-0.15, -0.1) is 0 Å². The van der Waals surface area contributed by atoms with Gasteiger partial charge < -0.3 is 14.5 Å². The molecule has 4 heteroatoms. The van der Waals surface area contributed by atoms with Gasteiger partial charge >= 0.3 is 0 Å². The van der Waals surface area contributed by atoms with Gasteiger partial charge in [0.1, 0.15) is 17.3 Å². The lowest BCUT2D eigenvalue weighted by molar-refractivity contribution is 0.414. The predicted molar refractivity (Wildman–Crippen MR) is 143 cm³/mol. The predicted octanol–water partition coefficient (Wildman–Crippen LogP) is 7.73. The highest BCUT2D eigenvalue weighted by atomic mass is 16.5. The van der Waals surface area contributed by atoms with E-state index in [1.54, 1.807) is 14.2 Å². The monoisotopic (exact) mass is 456 g/mol. The van der Waals surface area contributed by atoms with E-state index in [1.807, 2.05) is 36.4 Å². The molecule has 0 saturated heterocycles. The molecule has 0 radical (unpaired) electrons. The van der Waals surface area contributed by atoms with Crippen LogP contribution in [0, 0.1) is 0 Å². The number of H-pyrrole nitrogens is 1. The van der Waals surface area contributed by atoms with E-state index in [1.165, 1.54) is 21.5 Å². The molecule has 0 fully saturated rings. The number of rotatable bonds is 5. The van der Waals surface area contributed by atoms with E-state index < -0.39 is 0 Å². The van der Waals surface area contributed by atoms with Gasteiger partial charge in [0.15, 0.2) is 0 Å². The maximum Gasteiger partial charge on any atom is 0.139 e. The second-order valence-corrected chi connectivity index (χ2v) is 8.46. The molecule has 0 spiro atoms. The Morgan fingerprint density at radius 1 is 0.600 bits per heavy atom. The van der Waals surface area contributed by atoms with Crippen molar-refractivity contribution < 1.29 is 9.47 Å². The van der Waals surface area contributed by atoms with Gasteiger partial charge in [0.2, 0.25) is 0 Å². The first-order chi connectivity index (χ1) is 17.2. The fraction of sp³-hybridized carbons (Fsp3) is 0.0645. The maximum atomic E-state index is 5.37. The number of hydrogen-bond acceptors (Lipinski definition) is 3. The summed E-state index contributed by atoms with van der Waals surface area (Å²) >= 11 is 0. The minimum absolute atomic E-state index is 0.816. The molecule has 6 aromatic rings. The molecule has 4 nitrogen and oxygen atoms in total. The zero-order valence-electron chi connectivity index (χ0n) is 19.6. The fourth-order valence-corrected chi connectivity index (χ4v) is 4.68. The van der Waals surface area contributed by atoms with Crippen LogP contribution in [0.25, 0.3) is 55.4 Å². The SMILES string of the molecule is COc1ccc(-c2nc(-c3cc4ccccc4c4ccccc34)[nH]c2-c2ccc(OC)cc2)cc1. The maximum absolute atomic E-state index is 5.37. The summed E-state index contributed by atoms with van der Waals surface area (Å²) in [6.45, 7) is 0. The van der Waals surface area contributed by atoms with Gasteiger partial charge in [-0.05, 0) is 76.1 Å². The van der Waals surface area contributed by atoms with Crippen LogP contribution in [0.15, 0.2) is 103 Å². The van der Waals surface area contributed by atoms with Crippen LogP contribution < -0.4 is 9.47 Å². The summed E-state index contributed by atoms with van der Waals surface area (Å²) < 4.78 is 10.7. The van der Waals surface area contributed by atoms with E-state index in [2.05, 4.69) is 71.7 Å².